The average Bonchev–Trinajstić information content (AvgIpc) is 2.71. The molecule has 2 N–H and O–H groups in total. The van der Waals surface area contributed by atoms with E-state index in [1.54, 1.807) is 37.1 Å². The zero-order chi connectivity index (χ0) is 20.2. The Balaban J connectivity index is 1.85. The van der Waals surface area contributed by atoms with E-state index in [1.807, 2.05) is 30.3 Å². The number of amides is 1. The molecule has 28 heavy (non-hydrogen) atoms. The lowest BCUT2D eigenvalue weighted by atomic mass is 10.1. The molecule has 0 aromatic heterocycles. The maximum Gasteiger partial charge on any atom is 0.244 e. The van der Waals surface area contributed by atoms with Gasteiger partial charge in [-0.3, -0.25) is 4.79 Å². The highest BCUT2D eigenvalue weighted by Gasteiger charge is 2.05. The van der Waals surface area contributed by atoms with Crippen molar-refractivity contribution in [1.29, 1.82) is 0 Å². The van der Waals surface area contributed by atoms with Crippen molar-refractivity contribution in [3.63, 3.8) is 0 Å². The van der Waals surface area contributed by atoms with Gasteiger partial charge in [-0.05, 0) is 60.1 Å². The molecule has 2 aromatic carbocycles. The van der Waals surface area contributed by atoms with Gasteiger partial charge >= 0.3 is 0 Å². The second-order valence-corrected chi connectivity index (χ2v) is 7.64. The second-order valence-electron chi connectivity index (χ2n) is 6.51. The van der Waals surface area contributed by atoms with Gasteiger partial charge in [-0.15, -0.1) is 11.8 Å². The van der Waals surface area contributed by atoms with Gasteiger partial charge in [0.1, 0.15) is 11.5 Å². The van der Waals surface area contributed by atoms with Gasteiger partial charge in [0.05, 0.1) is 7.11 Å². The molecule has 5 heteroatoms. The number of carbonyl (C=O) groups is 1. The molecule has 0 bridgehead atoms. The molecule has 0 fully saturated rings. The Labute approximate surface area is 172 Å². The molecule has 0 saturated carbocycles. The zero-order valence-electron chi connectivity index (χ0n) is 16.6. The van der Waals surface area contributed by atoms with Crippen LogP contribution in [-0.4, -0.2) is 30.4 Å². The number of carbonyl (C=O) groups excluding carboxylic acids is 1. The van der Waals surface area contributed by atoms with E-state index in [9.17, 15) is 9.90 Å². The van der Waals surface area contributed by atoms with Crippen molar-refractivity contribution in [3.8, 4) is 11.5 Å². The number of hydrogen-bond donors (Lipinski definition) is 2. The summed E-state index contributed by atoms with van der Waals surface area (Å²) in [5.74, 6) is 2.07. The number of rotatable bonds is 11. The molecule has 0 heterocycles. The molecule has 0 aliphatic carbocycles. The van der Waals surface area contributed by atoms with Crippen molar-refractivity contribution >= 4 is 23.7 Å². The van der Waals surface area contributed by atoms with Crippen LogP contribution in [0.4, 0.5) is 0 Å². The van der Waals surface area contributed by atoms with Crippen LogP contribution in [0.25, 0.3) is 6.08 Å². The van der Waals surface area contributed by atoms with E-state index >= 15 is 0 Å². The molecule has 1 amide bonds. The molecule has 0 atom stereocenters. The summed E-state index contributed by atoms with van der Waals surface area (Å²) in [7, 11) is 1.68. The van der Waals surface area contributed by atoms with Gasteiger partial charge in [-0.25, -0.2) is 0 Å². The molecule has 0 aliphatic rings. The molecule has 150 valence electrons. The number of aromatic hydroxyl groups is 1. The van der Waals surface area contributed by atoms with Crippen molar-refractivity contribution in [2.45, 2.75) is 37.5 Å². The van der Waals surface area contributed by atoms with Crippen LogP contribution in [0.5, 0.6) is 11.5 Å². The van der Waals surface area contributed by atoms with Crippen LogP contribution in [0.15, 0.2) is 53.4 Å². The number of benzene rings is 2. The van der Waals surface area contributed by atoms with Gasteiger partial charge in [-0.2, -0.15) is 0 Å². The molecular weight excluding hydrogens is 370 g/mol. The first-order chi connectivity index (χ1) is 13.6. The highest BCUT2D eigenvalue weighted by Crippen LogP contribution is 2.31. The summed E-state index contributed by atoms with van der Waals surface area (Å²) in [6.45, 7) is 2.75. The minimum Gasteiger partial charge on any atom is -0.508 e. The third-order valence-electron chi connectivity index (χ3n) is 4.27. The van der Waals surface area contributed by atoms with Crippen LogP contribution in [0.3, 0.4) is 0 Å². The molecular formula is C23H29NO3S. The number of hydrogen-bond acceptors (Lipinski definition) is 4. The first kappa shape index (κ1) is 21.9. The molecule has 4 nitrogen and oxygen atoms in total. The fourth-order valence-electron chi connectivity index (χ4n) is 2.67. The van der Waals surface area contributed by atoms with Crippen LogP contribution in [0.2, 0.25) is 0 Å². The standard InChI is InChI=1S/C23H29NO3S/c1-3-4-5-16-28-22-17-19(8-12-21(22)27-2)9-13-23(26)24-15-14-18-6-10-20(25)11-7-18/h6-13,17,25H,3-5,14-16H2,1-2H3,(H,24,26)/b13-9-. The van der Waals surface area contributed by atoms with Gasteiger partial charge in [0.25, 0.3) is 0 Å². The van der Waals surface area contributed by atoms with E-state index in [0.717, 1.165) is 33.9 Å². The average molecular weight is 400 g/mol. The van der Waals surface area contributed by atoms with Crippen LogP contribution in [0, 0.1) is 0 Å². The molecule has 2 rings (SSSR count). The monoisotopic (exact) mass is 399 g/mol. The van der Waals surface area contributed by atoms with Gasteiger partial charge in [0, 0.05) is 17.5 Å². The van der Waals surface area contributed by atoms with Gasteiger partial charge in [0.2, 0.25) is 5.91 Å². The number of methoxy groups -OCH3 is 1. The van der Waals surface area contributed by atoms with Gasteiger partial charge in [0.15, 0.2) is 0 Å². The first-order valence-corrected chi connectivity index (χ1v) is 10.7. The van der Waals surface area contributed by atoms with E-state index < -0.39 is 0 Å². The Hall–Kier alpha value is -2.40. The Morgan fingerprint density at radius 3 is 2.68 bits per heavy atom. The Morgan fingerprint density at radius 1 is 1.18 bits per heavy atom. The number of phenols is 1. The summed E-state index contributed by atoms with van der Waals surface area (Å²) in [5, 5.41) is 12.2. The highest BCUT2D eigenvalue weighted by atomic mass is 32.2. The maximum atomic E-state index is 12.0. The summed E-state index contributed by atoms with van der Waals surface area (Å²) in [4.78, 5) is 13.1. The third-order valence-corrected chi connectivity index (χ3v) is 5.39. The van der Waals surface area contributed by atoms with E-state index in [0.29, 0.717) is 6.54 Å². The molecule has 0 unspecified atom stereocenters. The third kappa shape index (κ3) is 7.69. The molecule has 0 saturated heterocycles. The summed E-state index contributed by atoms with van der Waals surface area (Å²) >= 11 is 1.80. The highest BCUT2D eigenvalue weighted by molar-refractivity contribution is 7.99. The summed E-state index contributed by atoms with van der Waals surface area (Å²) < 4.78 is 5.45. The minimum absolute atomic E-state index is 0.119. The lowest BCUT2D eigenvalue weighted by Gasteiger charge is -2.09. The van der Waals surface area contributed by atoms with Crippen LogP contribution in [0.1, 0.15) is 37.3 Å². The zero-order valence-corrected chi connectivity index (χ0v) is 17.4. The summed E-state index contributed by atoms with van der Waals surface area (Å²) in [6.07, 6.45) is 7.74. The van der Waals surface area contributed by atoms with E-state index in [2.05, 4.69) is 18.3 Å². The normalized spacial score (nSPS) is 10.9. The first-order valence-electron chi connectivity index (χ1n) is 9.67. The van der Waals surface area contributed by atoms with Crippen molar-refractivity contribution in [1.82, 2.24) is 5.32 Å². The van der Waals surface area contributed by atoms with Crippen LogP contribution in [-0.2, 0) is 11.2 Å². The van der Waals surface area contributed by atoms with Crippen LogP contribution >= 0.6 is 11.8 Å². The van der Waals surface area contributed by atoms with E-state index in [-0.39, 0.29) is 11.7 Å². The number of thioether (sulfide) groups is 1. The number of unbranched alkanes of at least 4 members (excludes halogenated alkanes) is 2. The Bertz CT molecular complexity index is 772. The predicted molar refractivity (Wildman–Crippen MR) is 117 cm³/mol. The minimum atomic E-state index is -0.119. The fraction of sp³-hybridized carbons (Fsp3) is 0.348. The molecule has 0 radical (unpaired) electrons. The fourth-order valence-corrected chi connectivity index (χ4v) is 3.75. The summed E-state index contributed by atoms with van der Waals surface area (Å²) in [5.41, 5.74) is 2.05. The molecule has 2 aromatic rings. The van der Waals surface area contributed by atoms with Crippen LogP contribution < -0.4 is 10.1 Å². The lowest BCUT2D eigenvalue weighted by molar-refractivity contribution is -0.116. The lowest BCUT2D eigenvalue weighted by Crippen LogP contribution is -2.23. The van der Waals surface area contributed by atoms with Crippen molar-refractivity contribution in [2.75, 3.05) is 19.4 Å². The summed E-state index contributed by atoms with van der Waals surface area (Å²) in [6, 6.07) is 13.0. The van der Waals surface area contributed by atoms with Crippen molar-refractivity contribution in [2.24, 2.45) is 0 Å². The smallest absolute Gasteiger partial charge is 0.244 e. The number of phenolic OH excluding ortho intramolecular Hbond substituents is 1. The second kappa shape index (κ2) is 12.1. The Kier molecular flexibility index (Phi) is 9.49. The van der Waals surface area contributed by atoms with E-state index in [1.165, 1.54) is 19.3 Å². The predicted octanol–water partition coefficient (Wildman–Crippen LogP) is 5.06. The number of nitrogens with one attached hydrogen (secondary N) is 1. The van der Waals surface area contributed by atoms with Gasteiger partial charge in [-0.1, -0.05) is 38.0 Å². The molecule has 0 aliphatic heterocycles. The topological polar surface area (TPSA) is 58.6 Å². The number of ether oxygens (including phenoxy) is 1. The maximum absolute atomic E-state index is 12.0. The SMILES string of the molecule is CCCCCSc1cc(/C=C\C(=O)NCCc2ccc(O)cc2)ccc1OC. The molecule has 0 spiro atoms. The van der Waals surface area contributed by atoms with E-state index in [4.69, 9.17) is 4.74 Å². The quantitative estimate of drug-likeness (QED) is 0.315. The van der Waals surface area contributed by atoms with Crippen molar-refractivity contribution < 1.29 is 14.6 Å². The Morgan fingerprint density at radius 2 is 1.96 bits per heavy atom. The largest absolute Gasteiger partial charge is 0.508 e. The van der Waals surface area contributed by atoms with Gasteiger partial charge < -0.3 is 15.2 Å². The van der Waals surface area contributed by atoms with Crippen molar-refractivity contribution in [3.05, 3.63) is 59.7 Å².